The Bertz CT molecular complexity index is 1010. The van der Waals surface area contributed by atoms with Gasteiger partial charge in [0.25, 0.3) is 0 Å². The zero-order valence-electron chi connectivity index (χ0n) is 14.5. The largest absolute Gasteiger partial charge is 0.295 e. The van der Waals surface area contributed by atoms with Gasteiger partial charge in [0.1, 0.15) is 0 Å². The van der Waals surface area contributed by atoms with E-state index in [4.69, 9.17) is 0 Å². The van der Waals surface area contributed by atoms with Crippen molar-refractivity contribution in [1.29, 1.82) is 0 Å². The van der Waals surface area contributed by atoms with Gasteiger partial charge in [0, 0.05) is 10.4 Å². The Morgan fingerprint density at radius 2 is 1.77 bits per heavy atom. The quantitative estimate of drug-likeness (QED) is 0.643. The van der Waals surface area contributed by atoms with Crippen LogP contribution in [0.4, 0.5) is 0 Å². The highest BCUT2D eigenvalue weighted by Gasteiger charge is 2.24. The number of carbonyl (C=O) groups excluding carboxylic acids is 1. The van der Waals surface area contributed by atoms with Gasteiger partial charge in [-0.05, 0) is 43.0 Å². The van der Waals surface area contributed by atoms with E-state index in [1.165, 1.54) is 30.4 Å². The molecule has 1 atom stereocenters. The molecule has 6 heteroatoms. The van der Waals surface area contributed by atoms with Crippen molar-refractivity contribution in [2.45, 2.75) is 24.8 Å². The first-order chi connectivity index (χ1) is 12.4. The third-order valence-corrected chi connectivity index (χ3v) is 6.42. The lowest BCUT2D eigenvalue weighted by molar-refractivity contribution is 0.101. The smallest absolute Gasteiger partial charge is 0.241 e. The number of nitrogens with one attached hydrogen (secondary N) is 1. The van der Waals surface area contributed by atoms with E-state index in [9.17, 15) is 13.2 Å². The van der Waals surface area contributed by atoms with Gasteiger partial charge in [-0.1, -0.05) is 48.0 Å². The summed E-state index contributed by atoms with van der Waals surface area (Å²) in [5.74, 6) is -0.171. The Kier molecular flexibility index (Phi) is 5.36. The zero-order valence-corrected chi connectivity index (χ0v) is 16.1. The minimum absolute atomic E-state index is 0.0823. The number of rotatable bonds is 6. The Hall–Kier alpha value is -2.28. The highest BCUT2D eigenvalue weighted by Crippen LogP contribution is 2.28. The van der Waals surface area contributed by atoms with Crippen LogP contribution >= 0.6 is 11.3 Å². The topological polar surface area (TPSA) is 63.2 Å². The second kappa shape index (κ2) is 7.53. The molecule has 1 heterocycles. The molecule has 0 amide bonds. The molecule has 0 bridgehead atoms. The van der Waals surface area contributed by atoms with Crippen molar-refractivity contribution in [2.75, 3.05) is 0 Å². The summed E-state index contributed by atoms with van der Waals surface area (Å²) in [6.07, 6.45) is 0. The maximum atomic E-state index is 12.9. The van der Waals surface area contributed by atoms with Crippen LogP contribution in [-0.2, 0) is 10.0 Å². The Morgan fingerprint density at radius 1 is 1.04 bits per heavy atom. The van der Waals surface area contributed by atoms with E-state index < -0.39 is 16.1 Å². The number of carbonyl (C=O) groups is 1. The molecular formula is C20H19NO3S2. The summed E-state index contributed by atoms with van der Waals surface area (Å²) in [5, 5.41) is 1.92. The number of benzene rings is 2. The van der Waals surface area contributed by atoms with Gasteiger partial charge < -0.3 is 0 Å². The summed E-state index contributed by atoms with van der Waals surface area (Å²) in [4.78, 5) is 12.6. The first kappa shape index (κ1) is 18.5. The number of Topliss-reactive ketones (excluding diaryl/α,β-unsaturated/α-hetero) is 1. The molecule has 1 aromatic heterocycles. The lowest BCUT2D eigenvalue weighted by Gasteiger charge is -2.18. The summed E-state index contributed by atoms with van der Waals surface area (Å²) < 4.78 is 28.7. The molecule has 1 N–H and O–H groups in total. The average Bonchev–Trinajstić information content (AvgIpc) is 3.15. The van der Waals surface area contributed by atoms with Crippen LogP contribution in [0.15, 0.2) is 70.9 Å². The molecular weight excluding hydrogens is 366 g/mol. The second-order valence-corrected chi connectivity index (χ2v) is 8.76. The Labute approximate surface area is 157 Å². The van der Waals surface area contributed by atoms with E-state index in [-0.39, 0.29) is 10.7 Å². The number of ketones is 1. The summed E-state index contributed by atoms with van der Waals surface area (Å²) in [7, 11) is -3.80. The first-order valence-corrected chi connectivity index (χ1v) is 10.5. The molecule has 26 heavy (non-hydrogen) atoms. The van der Waals surface area contributed by atoms with Crippen LogP contribution in [0.1, 0.15) is 39.3 Å². The normalized spacial score (nSPS) is 12.7. The number of sulfonamides is 1. The van der Waals surface area contributed by atoms with Gasteiger partial charge in [0.05, 0.1) is 10.9 Å². The SMILES string of the molecule is CC(=O)c1cccc(S(=O)(=O)N[C@@H](c2ccc(C)cc2)c2cccs2)c1. The monoisotopic (exact) mass is 385 g/mol. The summed E-state index contributed by atoms with van der Waals surface area (Å²) in [6.45, 7) is 3.40. The van der Waals surface area contributed by atoms with E-state index in [2.05, 4.69) is 4.72 Å². The van der Waals surface area contributed by atoms with E-state index in [0.29, 0.717) is 5.56 Å². The molecule has 0 spiro atoms. The highest BCUT2D eigenvalue weighted by molar-refractivity contribution is 7.89. The van der Waals surface area contributed by atoms with Crippen molar-refractivity contribution >= 4 is 27.1 Å². The van der Waals surface area contributed by atoms with Crippen LogP contribution in [0.2, 0.25) is 0 Å². The standard InChI is InChI=1S/C20H19NO3S2/c1-14-8-10-16(11-9-14)20(19-7-4-12-25-19)21-26(23,24)18-6-3-5-17(13-18)15(2)22/h3-13,20-21H,1-2H3/t20-/m0/s1. The maximum Gasteiger partial charge on any atom is 0.241 e. The number of hydrogen-bond donors (Lipinski definition) is 1. The van der Waals surface area contributed by atoms with Gasteiger partial charge in [-0.3, -0.25) is 4.79 Å². The maximum absolute atomic E-state index is 12.9. The molecule has 0 aliphatic rings. The van der Waals surface area contributed by atoms with Crippen LogP contribution in [0.5, 0.6) is 0 Å². The third-order valence-electron chi connectivity index (χ3n) is 4.06. The van der Waals surface area contributed by atoms with E-state index in [1.54, 1.807) is 12.1 Å². The van der Waals surface area contributed by atoms with E-state index >= 15 is 0 Å². The van der Waals surface area contributed by atoms with Gasteiger partial charge in [-0.2, -0.15) is 4.72 Å². The van der Waals surface area contributed by atoms with E-state index in [0.717, 1.165) is 16.0 Å². The first-order valence-electron chi connectivity index (χ1n) is 8.10. The van der Waals surface area contributed by atoms with Crippen LogP contribution in [0.25, 0.3) is 0 Å². The third kappa shape index (κ3) is 4.09. The van der Waals surface area contributed by atoms with Crippen LogP contribution in [0, 0.1) is 6.92 Å². The summed E-state index contributed by atoms with van der Waals surface area (Å²) >= 11 is 1.49. The molecule has 0 fully saturated rings. The van der Waals surface area contributed by atoms with Crippen molar-refractivity contribution < 1.29 is 13.2 Å². The number of aryl methyl sites for hydroxylation is 1. The van der Waals surface area contributed by atoms with E-state index in [1.807, 2.05) is 48.7 Å². The van der Waals surface area contributed by atoms with Crippen molar-refractivity contribution in [3.63, 3.8) is 0 Å². The Morgan fingerprint density at radius 3 is 2.38 bits per heavy atom. The van der Waals surface area contributed by atoms with Gasteiger partial charge in [-0.25, -0.2) is 8.42 Å². The lowest BCUT2D eigenvalue weighted by Crippen LogP contribution is -2.29. The summed E-state index contributed by atoms with van der Waals surface area (Å²) in [5.41, 5.74) is 2.34. The van der Waals surface area contributed by atoms with Gasteiger partial charge >= 0.3 is 0 Å². The minimum atomic E-state index is -3.80. The Balaban J connectivity index is 1.99. The van der Waals surface area contributed by atoms with Crippen molar-refractivity contribution in [2.24, 2.45) is 0 Å². The van der Waals surface area contributed by atoms with Crippen LogP contribution in [-0.4, -0.2) is 14.2 Å². The molecule has 4 nitrogen and oxygen atoms in total. The zero-order chi connectivity index (χ0) is 18.7. The molecule has 0 aliphatic heterocycles. The molecule has 0 unspecified atom stereocenters. The fraction of sp³-hybridized carbons (Fsp3) is 0.150. The van der Waals surface area contributed by atoms with Crippen LogP contribution < -0.4 is 4.72 Å². The average molecular weight is 386 g/mol. The van der Waals surface area contributed by atoms with Gasteiger partial charge in [0.2, 0.25) is 10.0 Å². The van der Waals surface area contributed by atoms with Gasteiger partial charge in [-0.15, -0.1) is 11.3 Å². The molecule has 2 aromatic carbocycles. The molecule has 0 radical (unpaired) electrons. The van der Waals surface area contributed by atoms with Crippen molar-refractivity contribution in [1.82, 2.24) is 4.72 Å². The molecule has 134 valence electrons. The number of hydrogen-bond acceptors (Lipinski definition) is 4. The molecule has 3 aromatic rings. The van der Waals surface area contributed by atoms with Crippen LogP contribution in [0.3, 0.4) is 0 Å². The minimum Gasteiger partial charge on any atom is -0.295 e. The summed E-state index contributed by atoms with van der Waals surface area (Å²) in [6, 6.07) is 17.2. The highest BCUT2D eigenvalue weighted by atomic mass is 32.2. The number of thiophene rings is 1. The predicted octanol–water partition coefficient (Wildman–Crippen LogP) is 4.33. The van der Waals surface area contributed by atoms with Crippen molar-refractivity contribution in [3.05, 3.63) is 87.6 Å². The molecule has 0 aliphatic carbocycles. The predicted molar refractivity (Wildman–Crippen MR) is 104 cm³/mol. The van der Waals surface area contributed by atoms with Gasteiger partial charge in [0.15, 0.2) is 5.78 Å². The lowest BCUT2D eigenvalue weighted by atomic mass is 10.0. The molecule has 3 rings (SSSR count). The molecule has 0 saturated carbocycles. The fourth-order valence-electron chi connectivity index (χ4n) is 2.61. The second-order valence-electron chi connectivity index (χ2n) is 6.06. The fourth-order valence-corrected chi connectivity index (χ4v) is 4.74. The molecule has 0 saturated heterocycles. The van der Waals surface area contributed by atoms with Crippen molar-refractivity contribution in [3.8, 4) is 0 Å².